The molecular weight excluding hydrogens is 190 g/mol. The number of rotatable bonds is 1. The first-order valence-electron chi connectivity index (χ1n) is 5.66. The average Bonchev–Trinajstić information content (AvgIpc) is 2.07. The van der Waals surface area contributed by atoms with Crippen molar-refractivity contribution in [3.05, 3.63) is 0 Å². The normalized spacial score (nSPS) is 34.1. The van der Waals surface area contributed by atoms with E-state index < -0.39 is 5.60 Å². The molecule has 0 unspecified atom stereocenters. The molecular formula is C12H23NO2. The summed E-state index contributed by atoms with van der Waals surface area (Å²) in [7, 11) is 0. The number of carbonyl (C=O) groups is 1. The van der Waals surface area contributed by atoms with E-state index in [4.69, 9.17) is 0 Å². The van der Waals surface area contributed by atoms with Crippen LogP contribution < -0.4 is 0 Å². The highest BCUT2D eigenvalue weighted by Crippen LogP contribution is 2.31. The van der Waals surface area contributed by atoms with E-state index in [1.807, 2.05) is 6.92 Å². The van der Waals surface area contributed by atoms with Crippen LogP contribution >= 0.6 is 0 Å². The molecule has 0 saturated carbocycles. The van der Waals surface area contributed by atoms with Crippen LogP contribution in [0.2, 0.25) is 0 Å². The lowest BCUT2D eigenvalue weighted by Gasteiger charge is -2.47. The number of likely N-dealkylation sites (tertiary alicyclic amines) is 1. The molecule has 0 spiro atoms. The number of carbonyl (C=O) groups excluding carboxylic acids is 1. The van der Waals surface area contributed by atoms with E-state index in [2.05, 4.69) is 25.7 Å². The molecule has 0 radical (unpaired) electrons. The Balaban J connectivity index is 2.75. The molecule has 1 saturated heterocycles. The van der Waals surface area contributed by atoms with Gasteiger partial charge in [0, 0.05) is 24.5 Å². The fourth-order valence-corrected chi connectivity index (χ4v) is 2.26. The number of aliphatic hydroxyl groups is 1. The predicted octanol–water partition coefficient (Wildman–Crippen LogP) is 1.45. The van der Waals surface area contributed by atoms with Crippen molar-refractivity contribution in [2.45, 2.75) is 52.2 Å². The van der Waals surface area contributed by atoms with Gasteiger partial charge in [-0.15, -0.1) is 0 Å². The van der Waals surface area contributed by atoms with E-state index in [1.165, 1.54) is 6.92 Å². The second-order valence-electron chi connectivity index (χ2n) is 5.75. The van der Waals surface area contributed by atoms with Gasteiger partial charge in [0.2, 0.25) is 0 Å². The van der Waals surface area contributed by atoms with Crippen LogP contribution in [0.4, 0.5) is 0 Å². The summed E-state index contributed by atoms with van der Waals surface area (Å²) in [5.41, 5.74) is -0.978. The minimum Gasteiger partial charge on any atom is -0.382 e. The highest BCUT2D eigenvalue weighted by Gasteiger charge is 2.44. The summed E-state index contributed by atoms with van der Waals surface area (Å²) >= 11 is 0. The maximum absolute atomic E-state index is 11.4. The molecule has 1 rings (SSSR count). The van der Waals surface area contributed by atoms with Gasteiger partial charge in [0.05, 0.1) is 0 Å². The Morgan fingerprint density at radius 2 is 2.00 bits per heavy atom. The van der Waals surface area contributed by atoms with Crippen LogP contribution in [0.5, 0.6) is 0 Å². The fourth-order valence-electron chi connectivity index (χ4n) is 2.26. The van der Waals surface area contributed by atoms with E-state index in [-0.39, 0.29) is 17.2 Å². The van der Waals surface area contributed by atoms with Crippen molar-refractivity contribution < 1.29 is 9.90 Å². The van der Waals surface area contributed by atoms with Crippen LogP contribution in [0.15, 0.2) is 0 Å². The topological polar surface area (TPSA) is 40.5 Å². The number of hydrogen-bond acceptors (Lipinski definition) is 3. The lowest BCUT2D eigenvalue weighted by atomic mass is 9.78. The zero-order valence-corrected chi connectivity index (χ0v) is 10.5. The van der Waals surface area contributed by atoms with Crippen molar-refractivity contribution in [2.75, 3.05) is 13.1 Å². The van der Waals surface area contributed by atoms with Crippen LogP contribution in [-0.4, -0.2) is 40.0 Å². The van der Waals surface area contributed by atoms with Crippen molar-refractivity contribution in [3.63, 3.8) is 0 Å². The third-order valence-corrected chi connectivity index (χ3v) is 3.63. The first-order chi connectivity index (χ1) is 6.68. The molecule has 1 aliphatic rings. The Bertz CT molecular complexity index is 257. The second-order valence-corrected chi connectivity index (χ2v) is 5.75. The van der Waals surface area contributed by atoms with Gasteiger partial charge in [-0.25, -0.2) is 0 Å². The maximum Gasteiger partial charge on any atom is 0.161 e. The average molecular weight is 213 g/mol. The molecule has 1 heterocycles. The molecule has 3 nitrogen and oxygen atoms in total. The summed E-state index contributed by atoms with van der Waals surface area (Å²) < 4.78 is 0. The molecule has 3 heteroatoms. The van der Waals surface area contributed by atoms with E-state index in [0.29, 0.717) is 6.42 Å². The van der Waals surface area contributed by atoms with E-state index in [1.54, 1.807) is 0 Å². The monoisotopic (exact) mass is 213 g/mol. The van der Waals surface area contributed by atoms with Gasteiger partial charge in [0.15, 0.2) is 5.78 Å². The van der Waals surface area contributed by atoms with Crippen molar-refractivity contribution >= 4 is 5.78 Å². The van der Waals surface area contributed by atoms with E-state index >= 15 is 0 Å². The molecule has 0 amide bonds. The highest BCUT2D eigenvalue weighted by molar-refractivity contribution is 5.85. The van der Waals surface area contributed by atoms with Crippen LogP contribution in [0.1, 0.15) is 41.0 Å². The Labute approximate surface area is 92.5 Å². The van der Waals surface area contributed by atoms with Crippen molar-refractivity contribution in [2.24, 2.45) is 5.92 Å². The minimum absolute atomic E-state index is 0.0166. The van der Waals surface area contributed by atoms with Crippen molar-refractivity contribution in [3.8, 4) is 0 Å². The predicted molar refractivity (Wildman–Crippen MR) is 60.7 cm³/mol. The molecule has 1 aliphatic heterocycles. The summed E-state index contributed by atoms with van der Waals surface area (Å²) in [6.45, 7) is 11.5. The molecule has 1 N–H and O–H groups in total. The first-order valence-corrected chi connectivity index (χ1v) is 5.66. The Morgan fingerprint density at radius 3 is 2.33 bits per heavy atom. The molecule has 0 aromatic rings. The van der Waals surface area contributed by atoms with Crippen LogP contribution in [0.3, 0.4) is 0 Å². The number of piperidine rings is 1. The third-order valence-electron chi connectivity index (χ3n) is 3.63. The van der Waals surface area contributed by atoms with Crippen LogP contribution in [-0.2, 0) is 4.79 Å². The highest BCUT2D eigenvalue weighted by atomic mass is 16.3. The van der Waals surface area contributed by atoms with Gasteiger partial charge in [0.25, 0.3) is 0 Å². The molecule has 88 valence electrons. The van der Waals surface area contributed by atoms with Crippen molar-refractivity contribution in [1.82, 2.24) is 4.90 Å². The lowest BCUT2D eigenvalue weighted by Crippen LogP contribution is -2.58. The second kappa shape index (κ2) is 3.87. The zero-order valence-electron chi connectivity index (χ0n) is 10.5. The van der Waals surface area contributed by atoms with Gasteiger partial charge in [-0.3, -0.25) is 9.69 Å². The van der Waals surface area contributed by atoms with Gasteiger partial charge < -0.3 is 5.11 Å². The van der Waals surface area contributed by atoms with Crippen LogP contribution in [0, 0.1) is 5.92 Å². The van der Waals surface area contributed by atoms with Gasteiger partial charge in [-0.1, -0.05) is 6.92 Å². The Hall–Kier alpha value is -0.410. The first kappa shape index (κ1) is 12.7. The summed E-state index contributed by atoms with van der Waals surface area (Å²) in [5.74, 6) is -0.0773. The van der Waals surface area contributed by atoms with Crippen LogP contribution in [0.25, 0.3) is 0 Å². The number of ketones is 1. The summed E-state index contributed by atoms with van der Waals surface area (Å²) in [4.78, 5) is 13.7. The molecule has 0 aromatic carbocycles. The fraction of sp³-hybridized carbons (Fsp3) is 0.917. The molecule has 0 aliphatic carbocycles. The number of Topliss-reactive ketones (excluding diaryl/α,β-unsaturated/α-hetero) is 1. The van der Waals surface area contributed by atoms with E-state index in [0.717, 1.165) is 13.1 Å². The molecule has 1 fully saturated rings. The molecule has 0 aromatic heterocycles. The quantitative estimate of drug-likeness (QED) is 0.716. The molecule has 2 atom stereocenters. The van der Waals surface area contributed by atoms with Gasteiger partial charge >= 0.3 is 0 Å². The smallest absolute Gasteiger partial charge is 0.161 e. The van der Waals surface area contributed by atoms with Gasteiger partial charge in [-0.05, 0) is 34.1 Å². The third kappa shape index (κ3) is 2.40. The maximum atomic E-state index is 11.4. The SMILES string of the molecule is CC(=O)[C@@]1(O)CCN(C(C)(C)C)C[C@@H]1C. The lowest BCUT2D eigenvalue weighted by molar-refractivity contribution is -0.149. The largest absolute Gasteiger partial charge is 0.382 e. The number of nitrogens with zero attached hydrogens (tertiary/aromatic N) is 1. The van der Waals surface area contributed by atoms with Crippen molar-refractivity contribution in [1.29, 1.82) is 0 Å². The van der Waals surface area contributed by atoms with E-state index in [9.17, 15) is 9.90 Å². The Morgan fingerprint density at radius 1 is 1.47 bits per heavy atom. The zero-order chi connectivity index (χ0) is 11.9. The minimum atomic E-state index is -1.10. The Kier molecular flexibility index (Phi) is 3.27. The molecule has 0 bridgehead atoms. The number of hydrogen-bond donors (Lipinski definition) is 1. The van der Waals surface area contributed by atoms with Gasteiger partial charge in [-0.2, -0.15) is 0 Å². The summed E-state index contributed by atoms with van der Waals surface area (Å²) in [6, 6.07) is 0. The van der Waals surface area contributed by atoms with Gasteiger partial charge in [0.1, 0.15) is 5.60 Å². The summed E-state index contributed by atoms with van der Waals surface area (Å²) in [5, 5.41) is 10.2. The molecule has 15 heavy (non-hydrogen) atoms. The summed E-state index contributed by atoms with van der Waals surface area (Å²) in [6.07, 6.45) is 0.556. The standard InChI is InChI=1S/C12H23NO2/c1-9-8-13(11(3,4)5)7-6-12(9,15)10(2)14/h9,15H,6-8H2,1-5H3/t9-,12+/m0/s1.